The highest BCUT2D eigenvalue weighted by atomic mass is 35.5. The molecule has 1 saturated heterocycles. The Kier molecular flexibility index (Phi) is 5.42. The number of carbonyl (C=O) groups excluding carboxylic acids is 1. The van der Waals surface area contributed by atoms with Gasteiger partial charge in [-0.05, 0) is 17.9 Å². The van der Waals surface area contributed by atoms with Crippen LogP contribution < -0.4 is 0 Å². The second kappa shape index (κ2) is 6.89. The first-order valence-corrected chi connectivity index (χ1v) is 9.48. The summed E-state index contributed by atoms with van der Waals surface area (Å²) in [5, 5.41) is 3.67. The van der Waals surface area contributed by atoms with Crippen LogP contribution in [0.4, 0.5) is 0 Å². The van der Waals surface area contributed by atoms with Crippen molar-refractivity contribution < 1.29 is 13.2 Å². The molecule has 2 rings (SSSR count). The van der Waals surface area contributed by atoms with E-state index in [1.807, 2.05) is 10.8 Å². The molecule has 1 aromatic rings. The summed E-state index contributed by atoms with van der Waals surface area (Å²) in [5.41, 5.74) is 0.674. The molecule has 8 heteroatoms. The van der Waals surface area contributed by atoms with E-state index in [9.17, 15) is 13.2 Å². The Morgan fingerprint density at radius 3 is 2.55 bits per heavy atom. The Balaban J connectivity index is 1.91. The van der Waals surface area contributed by atoms with Crippen LogP contribution in [0, 0.1) is 0 Å². The molecule has 20 heavy (non-hydrogen) atoms. The van der Waals surface area contributed by atoms with Gasteiger partial charge in [0.05, 0.1) is 11.3 Å². The van der Waals surface area contributed by atoms with E-state index in [0.717, 1.165) is 0 Å². The summed E-state index contributed by atoms with van der Waals surface area (Å²) in [6.07, 6.45) is 0.456. The summed E-state index contributed by atoms with van der Waals surface area (Å²) in [4.78, 5) is 13.8. The summed E-state index contributed by atoms with van der Waals surface area (Å²) in [6, 6.07) is 1.79. The predicted octanol–water partition coefficient (Wildman–Crippen LogP) is 1.46. The lowest BCUT2D eigenvalue weighted by Crippen LogP contribution is -2.51. The lowest BCUT2D eigenvalue weighted by atomic mass is 10.2. The number of halogens is 1. The Hall–Kier alpha value is -0.630. The molecule has 1 amide bonds. The number of nitrogens with zero attached hydrogens (tertiary/aromatic N) is 2. The number of sulfonamides is 1. The monoisotopic (exact) mass is 336 g/mol. The van der Waals surface area contributed by atoms with Crippen molar-refractivity contribution in [3.8, 4) is 0 Å². The van der Waals surface area contributed by atoms with Crippen LogP contribution in [0.3, 0.4) is 0 Å². The van der Waals surface area contributed by atoms with E-state index < -0.39 is 10.0 Å². The maximum Gasteiger partial charge on any atom is 0.254 e. The van der Waals surface area contributed by atoms with Crippen LogP contribution in [-0.4, -0.2) is 61.3 Å². The molecule has 0 spiro atoms. The van der Waals surface area contributed by atoms with Gasteiger partial charge in [-0.3, -0.25) is 4.79 Å². The van der Waals surface area contributed by atoms with Crippen LogP contribution in [0.15, 0.2) is 16.8 Å². The van der Waals surface area contributed by atoms with Crippen molar-refractivity contribution in [1.29, 1.82) is 0 Å². The van der Waals surface area contributed by atoms with Crippen LogP contribution >= 0.6 is 22.9 Å². The highest BCUT2D eigenvalue weighted by Gasteiger charge is 2.28. The van der Waals surface area contributed by atoms with Crippen LogP contribution in [0.5, 0.6) is 0 Å². The van der Waals surface area contributed by atoms with Gasteiger partial charge in [0.2, 0.25) is 10.0 Å². The molecule has 1 aliphatic rings. The number of thiophene rings is 1. The largest absolute Gasteiger partial charge is 0.336 e. The minimum Gasteiger partial charge on any atom is -0.336 e. The molecular weight excluding hydrogens is 320 g/mol. The maximum atomic E-state index is 12.1. The van der Waals surface area contributed by atoms with E-state index in [1.165, 1.54) is 15.6 Å². The number of piperazine rings is 1. The molecule has 0 N–H and O–H groups in total. The summed E-state index contributed by atoms with van der Waals surface area (Å²) >= 11 is 7.01. The SMILES string of the molecule is O=C(c1ccsc1)N1CCN(S(=O)(=O)CCCCl)CC1. The number of carbonyl (C=O) groups is 1. The minimum absolute atomic E-state index is 0.0240. The van der Waals surface area contributed by atoms with Gasteiger partial charge in [0, 0.05) is 37.4 Å². The topological polar surface area (TPSA) is 57.7 Å². The average Bonchev–Trinajstić information content (AvgIpc) is 2.99. The Morgan fingerprint density at radius 2 is 2.00 bits per heavy atom. The van der Waals surface area contributed by atoms with Crippen LogP contribution in [0.25, 0.3) is 0 Å². The molecule has 0 unspecified atom stereocenters. The number of amides is 1. The molecule has 0 radical (unpaired) electrons. The summed E-state index contributed by atoms with van der Waals surface area (Å²) < 4.78 is 25.5. The smallest absolute Gasteiger partial charge is 0.254 e. The third kappa shape index (κ3) is 3.72. The summed E-state index contributed by atoms with van der Waals surface area (Å²) in [7, 11) is -3.24. The van der Waals surface area contributed by atoms with Gasteiger partial charge in [0.1, 0.15) is 0 Å². The average molecular weight is 337 g/mol. The maximum absolute atomic E-state index is 12.1. The van der Waals surface area contributed by atoms with Crippen LogP contribution in [0.2, 0.25) is 0 Å². The van der Waals surface area contributed by atoms with E-state index in [-0.39, 0.29) is 11.7 Å². The molecule has 2 heterocycles. The first-order valence-electron chi connectivity index (χ1n) is 6.40. The minimum atomic E-state index is -3.24. The van der Waals surface area contributed by atoms with Gasteiger partial charge in [-0.1, -0.05) is 0 Å². The Morgan fingerprint density at radius 1 is 1.30 bits per heavy atom. The van der Waals surface area contributed by atoms with Gasteiger partial charge in [-0.25, -0.2) is 8.42 Å². The van der Waals surface area contributed by atoms with Crippen molar-refractivity contribution >= 4 is 38.9 Å². The van der Waals surface area contributed by atoms with E-state index >= 15 is 0 Å². The molecule has 0 bridgehead atoms. The molecule has 0 aromatic carbocycles. The Labute approximate surface area is 128 Å². The molecule has 1 aromatic heterocycles. The number of alkyl halides is 1. The van der Waals surface area contributed by atoms with E-state index in [1.54, 1.807) is 11.0 Å². The van der Waals surface area contributed by atoms with Gasteiger partial charge >= 0.3 is 0 Å². The first-order chi connectivity index (χ1) is 9.54. The molecule has 0 atom stereocenters. The Bertz CT molecular complexity index is 537. The molecule has 0 saturated carbocycles. The number of rotatable bonds is 5. The summed E-state index contributed by atoms with van der Waals surface area (Å²) in [5.74, 6) is 0.397. The van der Waals surface area contributed by atoms with Crippen LogP contribution in [-0.2, 0) is 10.0 Å². The lowest BCUT2D eigenvalue weighted by Gasteiger charge is -2.33. The highest BCUT2D eigenvalue weighted by molar-refractivity contribution is 7.89. The lowest BCUT2D eigenvalue weighted by molar-refractivity contribution is 0.0698. The second-order valence-electron chi connectivity index (χ2n) is 4.56. The molecule has 0 aliphatic carbocycles. The van der Waals surface area contributed by atoms with Crippen molar-refractivity contribution in [2.45, 2.75) is 6.42 Å². The van der Waals surface area contributed by atoms with Gasteiger partial charge < -0.3 is 4.90 Å². The van der Waals surface area contributed by atoms with Crippen molar-refractivity contribution in [3.05, 3.63) is 22.4 Å². The third-order valence-electron chi connectivity index (χ3n) is 3.22. The zero-order valence-corrected chi connectivity index (χ0v) is 13.4. The number of hydrogen-bond donors (Lipinski definition) is 0. The van der Waals surface area contributed by atoms with Crippen molar-refractivity contribution in [3.63, 3.8) is 0 Å². The van der Waals surface area contributed by atoms with Crippen molar-refractivity contribution in [2.75, 3.05) is 37.8 Å². The summed E-state index contributed by atoms with van der Waals surface area (Å²) in [6.45, 7) is 1.60. The fourth-order valence-corrected chi connectivity index (χ4v) is 4.51. The van der Waals surface area contributed by atoms with E-state index in [4.69, 9.17) is 11.6 Å². The van der Waals surface area contributed by atoms with E-state index in [2.05, 4.69) is 0 Å². The normalized spacial score (nSPS) is 17.4. The van der Waals surface area contributed by atoms with E-state index in [0.29, 0.717) is 44.0 Å². The van der Waals surface area contributed by atoms with Gasteiger partial charge in [-0.15, -0.1) is 11.6 Å². The molecule has 1 aliphatic heterocycles. The van der Waals surface area contributed by atoms with Gasteiger partial charge in [-0.2, -0.15) is 15.6 Å². The molecule has 5 nitrogen and oxygen atoms in total. The van der Waals surface area contributed by atoms with Gasteiger partial charge in [0.25, 0.3) is 5.91 Å². The molecular formula is C12H17ClN2O3S2. The molecule has 112 valence electrons. The highest BCUT2D eigenvalue weighted by Crippen LogP contribution is 2.14. The van der Waals surface area contributed by atoms with Crippen molar-refractivity contribution in [1.82, 2.24) is 9.21 Å². The van der Waals surface area contributed by atoms with Crippen molar-refractivity contribution in [2.24, 2.45) is 0 Å². The fraction of sp³-hybridized carbons (Fsp3) is 0.583. The zero-order valence-electron chi connectivity index (χ0n) is 11.0. The quantitative estimate of drug-likeness (QED) is 0.765. The second-order valence-corrected chi connectivity index (χ2v) is 7.81. The first kappa shape index (κ1) is 15.8. The zero-order chi connectivity index (χ0) is 14.6. The predicted molar refractivity (Wildman–Crippen MR) is 80.9 cm³/mol. The van der Waals surface area contributed by atoms with Crippen LogP contribution in [0.1, 0.15) is 16.8 Å². The third-order valence-corrected chi connectivity index (χ3v) is 6.13. The fourth-order valence-electron chi connectivity index (χ4n) is 2.10. The number of hydrogen-bond acceptors (Lipinski definition) is 4. The standard InChI is InChI=1S/C12H17ClN2O3S2/c13-3-1-9-20(17,18)15-6-4-14(5-7-15)12(16)11-2-8-19-10-11/h2,8,10H,1,3-7,9H2. The van der Waals surface area contributed by atoms with Gasteiger partial charge in [0.15, 0.2) is 0 Å². The molecule has 1 fully saturated rings.